The number of esters is 2. The van der Waals surface area contributed by atoms with Crippen LogP contribution in [0, 0.1) is 5.92 Å². The fourth-order valence-electron chi connectivity index (χ4n) is 1.78. The van der Waals surface area contributed by atoms with Crippen molar-refractivity contribution in [3.8, 4) is 0 Å². The second-order valence-corrected chi connectivity index (χ2v) is 5.04. The highest BCUT2D eigenvalue weighted by molar-refractivity contribution is 6.03. The summed E-state index contributed by atoms with van der Waals surface area (Å²) < 4.78 is 9.97. The Morgan fingerprint density at radius 2 is 2.00 bits per heavy atom. The maximum absolute atomic E-state index is 11.6. The Hall–Kier alpha value is -2.56. The molecule has 0 bridgehead atoms. The molecule has 110 valence electrons. The van der Waals surface area contributed by atoms with E-state index in [2.05, 4.69) is 0 Å². The third-order valence-electron chi connectivity index (χ3n) is 2.72. The lowest BCUT2D eigenvalue weighted by atomic mass is 10.1. The lowest BCUT2D eigenvalue weighted by molar-refractivity contribution is -0.138. The lowest BCUT2D eigenvalue weighted by Crippen LogP contribution is -2.07. The van der Waals surface area contributed by atoms with E-state index < -0.39 is 11.9 Å². The van der Waals surface area contributed by atoms with Crippen LogP contribution in [-0.4, -0.2) is 23.7 Å². The van der Waals surface area contributed by atoms with Crippen molar-refractivity contribution in [2.45, 2.75) is 13.8 Å². The Morgan fingerprint density at radius 1 is 1.33 bits per heavy atom. The zero-order chi connectivity index (χ0) is 15.4. The van der Waals surface area contributed by atoms with Crippen LogP contribution in [0.25, 0.3) is 5.76 Å². The molecule has 1 N–H and O–H groups in total. The zero-order valence-electron chi connectivity index (χ0n) is 11.8. The van der Waals surface area contributed by atoms with Gasteiger partial charge in [-0.1, -0.05) is 32.0 Å². The molecule has 0 saturated heterocycles. The van der Waals surface area contributed by atoms with E-state index in [4.69, 9.17) is 9.47 Å². The predicted molar refractivity (Wildman–Crippen MR) is 76.3 cm³/mol. The van der Waals surface area contributed by atoms with E-state index in [-0.39, 0.29) is 24.0 Å². The number of fused-ring (bicyclic) bond motifs is 1. The van der Waals surface area contributed by atoms with Crippen LogP contribution in [0.3, 0.4) is 0 Å². The first-order valence-corrected chi connectivity index (χ1v) is 6.58. The van der Waals surface area contributed by atoms with Gasteiger partial charge < -0.3 is 14.6 Å². The molecule has 0 aromatic heterocycles. The van der Waals surface area contributed by atoms with Crippen molar-refractivity contribution >= 4 is 17.7 Å². The summed E-state index contributed by atoms with van der Waals surface area (Å²) in [7, 11) is 0. The highest BCUT2D eigenvalue weighted by Crippen LogP contribution is 2.29. The van der Waals surface area contributed by atoms with E-state index in [1.54, 1.807) is 24.3 Å². The molecule has 1 aromatic rings. The van der Waals surface area contributed by atoms with Gasteiger partial charge in [0.25, 0.3) is 0 Å². The van der Waals surface area contributed by atoms with Crippen molar-refractivity contribution in [1.82, 2.24) is 0 Å². The van der Waals surface area contributed by atoms with E-state index in [1.807, 2.05) is 13.8 Å². The maximum atomic E-state index is 11.6. The van der Waals surface area contributed by atoms with Crippen molar-refractivity contribution in [2.75, 3.05) is 6.61 Å². The van der Waals surface area contributed by atoms with Crippen molar-refractivity contribution in [3.63, 3.8) is 0 Å². The molecular weight excluding hydrogens is 272 g/mol. The number of ether oxygens (including phenoxy) is 2. The molecular formula is C16H16O5. The summed E-state index contributed by atoms with van der Waals surface area (Å²) in [6.07, 6.45) is 2.17. The summed E-state index contributed by atoms with van der Waals surface area (Å²) >= 11 is 0. The van der Waals surface area contributed by atoms with E-state index in [1.165, 1.54) is 6.08 Å². The van der Waals surface area contributed by atoms with E-state index in [0.717, 1.165) is 6.08 Å². The Morgan fingerprint density at radius 3 is 2.67 bits per heavy atom. The summed E-state index contributed by atoms with van der Waals surface area (Å²) in [6.45, 7) is 4.10. The normalized spacial score (nSPS) is 16.0. The molecule has 1 heterocycles. The number of benzene rings is 1. The summed E-state index contributed by atoms with van der Waals surface area (Å²) in [5.41, 5.74) is 1.01. The van der Waals surface area contributed by atoms with Crippen LogP contribution in [0.5, 0.6) is 0 Å². The zero-order valence-corrected chi connectivity index (χ0v) is 11.8. The molecule has 0 saturated carbocycles. The van der Waals surface area contributed by atoms with Gasteiger partial charge in [0.1, 0.15) is 11.5 Å². The molecule has 1 aliphatic rings. The van der Waals surface area contributed by atoms with E-state index in [9.17, 15) is 14.7 Å². The highest BCUT2D eigenvalue weighted by atomic mass is 16.5. The molecule has 21 heavy (non-hydrogen) atoms. The second kappa shape index (κ2) is 6.26. The molecule has 0 aliphatic carbocycles. The number of carbonyl (C=O) groups is 2. The lowest BCUT2D eigenvalue weighted by Gasteiger charge is -2.04. The smallest absolute Gasteiger partial charge is 0.344 e. The van der Waals surface area contributed by atoms with Gasteiger partial charge in [0, 0.05) is 11.6 Å². The van der Waals surface area contributed by atoms with Gasteiger partial charge in [0.05, 0.1) is 18.2 Å². The maximum Gasteiger partial charge on any atom is 0.344 e. The summed E-state index contributed by atoms with van der Waals surface area (Å²) in [4.78, 5) is 23.0. The van der Waals surface area contributed by atoms with E-state index >= 15 is 0 Å². The van der Waals surface area contributed by atoms with Gasteiger partial charge in [-0.25, -0.2) is 9.59 Å². The van der Waals surface area contributed by atoms with Gasteiger partial charge in [-0.2, -0.15) is 0 Å². The molecule has 0 unspecified atom stereocenters. The van der Waals surface area contributed by atoms with Crippen molar-refractivity contribution in [2.24, 2.45) is 5.92 Å². The Bertz CT molecular complexity index is 625. The predicted octanol–water partition coefficient (Wildman–Crippen LogP) is 2.84. The quantitative estimate of drug-likeness (QED) is 0.524. The average Bonchev–Trinajstić information content (AvgIpc) is 2.74. The average molecular weight is 288 g/mol. The minimum atomic E-state index is -0.643. The Balaban J connectivity index is 2.13. The van der Waals surface area contributed by atoms with Crippen LogP contribution >= 0.6 is 0 Å². The fourth-order valence-corrected chi connectivity index (χ4v) is 1.78. The SMILES string of the molecule is CC(C)COC(=O)/C=C(O)/C=C1\OC(=O)c2ccccc21. The first kappa shape index (κ1) is 14.8. The molecule has 0 spiro atoms. The molecule has 0 amide bonds. The number of hydrogen-bond donors (Lipinski definition) is 1. The van der Waals surface area contributed by atoms with Crippen LogP contribution in [0.4, 0.5) is 0 Å². The second-order valence-electron chi connectivity index (χ2n) is 5.04. The van der Waals surface area contributed by atoms with Crippen molar-refractivity contribution in [1.29, 1.82) is 0 Å². The first-order chi connectivity index (χ1) is 9.97. The van der Waals surface area contributed by atoms with Crippen LogP contribution in [0.1, 0.15) is 29.8 Å². The van der Waals surface area contributed by atoms with Gasteiger partial charge in [-0.3, -0.25) is 0 Å². The largest absolute Gasteiger partial charge is 0.508 e. The van der Waals surface area contributed by atoms with E-state index in [0.29, 0.717) is 11.1 Å². The fraction of sp³-hybridized carbons (Fsp3) is 0.250. The summed E-state index contributed by atoms with van der Waals surface area (Å²) in [5.74, 6) is -1.03. The molecule has 0 radical (unpaired) electrons. The standard InChI is InChI=1S/C16H16O5/c1-10(2)9-20-15(18)8-11(17)7-14-12-5-3-4-6-13(12)16(19)21-14/h3-8,10,17H,9H2,1-2H3/b11-8-,14-7-. The number of rotatable bonds is 4. The van der Waals surface area contributed by atoms with Gasteiger partial charge in [0.15, 0.2) is 0 Å². The number of cyclic esters (lactones) is 1. The van der Waals surface area contributed by atoms with Crippen molar-refractivity contribution < 1.29 is 24.2 Å². The minimum Gasteiger partial charge on any atom is -0.508 e. The van der Waals surface area contributed by atoms with Gasteiger partial charge in [-0.15, -0.1) is 0 Å². The summed E-state index contributed by atoms with van der Waals surface area (Å²) in [5, 5.41) is 9.75. The molecule has 1 aliphatic heterocycles. The first-order valence-electron chi connectivity index (χ1n) is 6.58. The molecule has 0 fully saturated rings. The number of allylic oxidation sites excluding steroid dienone is 1. The molecule has 5 nitrogen and oxygen atoms in total. The Kier molecular flexibility index (Phi) is 4.42. The number of hydrogen-bond acceptors (Lipinski definition) is 5. The van der Waals surface area contributed by atoms with Crippen LogP contribution in [0.2, 0.25) is 0 Å². The van der Waals surface area contributed by atoms with Crippen LogP contribution in [-0.2, 0) is 14.3 Å². The summed E-state index contributed by atoms with van der Waals surface area (Å²) in [6, 6.07) is 6.82. The topological polar surface area (TPSA) is 72.8 Å². The van der Waals surface area contributed by atoms with Crippen LogP contribution in [0.15, 0.2) is 42.2 Å². The van der Waals surface area contributed by atoms with Crippen LogP contribution < -0.4 is 0 Å². The highest BCUT2D eigenvalue weighted by Gasteiger charge is 2.25. The monoisotopic (exact) mass is 288 g/mol. The van der Waals surface area contributed by atoms with Gasteiger partial charge >= 0.3 is 11.9 Å². The van der Waals surface area contributed by atoms with Gasteiger partial charge in [-0.05, 0) is 12.0 Å². The minimum absolute atomic E-state index is 0.209. The number of aliphatic hydroxyl groups is 1. The Labute approximate surface area is 122 Å². The molecule has 5 heteroatoms. The van der Waals surface area contributed by atoms with Gasteiger partial charge in [0.2, 0.25) is 0 Å². The molecule has 0 atom stereocenters. The molecule has 2 rings (SSSR count). The third-order valence-corrected chi connectivity index (χ3v) is 2.72. The van der Waals surface area contributed by atoms with Crippen molar-refractivity contribution in [3.05, 3.63) is 53.3 Å². The number of aliphatic hydroxyl groups excluding tert-OH is 1. The molecule has 1 aromatic carbocycles. The third kappa shape index (κ3) is 3.72. The number of carbonyl (C=O) groups excluding carboxylic acids is 2.